The number of ether oxygens (including phenoxy) is 1. The lowest BCUT2D eigenvalue weighted by molar-refractivity contribution is 0.0319. The molecule has 0 aliphatic heterocycles. The molecule has 2 aromatic carbocycles. The molecule has 0 amide bonds. The summed E-state index contributed by atoms with van der Waals surface area (Å²) in [6.45, 7) is 4.29. The zero-order valence-corrected chi connectivity index (χ0v) is 15.9. The van der Waals surface area contributed by atoms with Crippen LogP contribution in [-0.4, -0.2) is 27.6 Å². The molecule has 0 aliphatic rings. The SMILES string of the molecule is CC(C)(CCCOS(=O)(=O)c1ccccc1)COC(=O)c1ccccc1. The lowest BCUT2D eigenvalue weighted by atomic mass is 9.89. The number of rotatable bonds is 9. The van der Waals surface area contributed by atoms with Gasteiger partial charge in [0.1, 0.15) is 0 Å². The molecule has 0 fully saturated rings. The van der Waals surface area contributed by atoms with Crippen molar-refractivity contribution in [3.8, 4) is 0 Å². The van der Waals surface area contributed by atoms with Gasteiger partial charge in [-0.05, 0) is 42.5 Å². The van der Waals surface area contributed by atoms with Crippen LogP contribution in [0.2, 0.25) is 0 Å². The molecule has 0 radical (unpaired) electrons. The van der Waals surface area contributed by atoms with Crippen molar-refractivity contribution in [3.05, 3.63) is 66.2 Å². The molecule has 0 bridgehead atoms. The van der Waals surface area contributed by atoms with Gasteiger partial charge in [-0.3, -0.25) is 4.18 Å². The molecular formula is C20H24O5S. The topological polar surface area (TPSA) is 69.7 Å². The Balaban J connectivity index is 1.75. The smallest absolute Gasteiger partial charge is 0.338 e. The van der Waals surface area contributed by atoms with Gasteiger partial charge in [-0.15, -0.1) is 0 Å². The van der Waals surface area contributed by atoms with E-state index in [0.717, 1.165) is 0 Å². The molecule has 26 heavy (non-hydrogen) atoms. The van der Waals surface area contributed by atoms with Crippen LogP contribution in [0.3, 0.4) is 0 Å². The average molecular weight is 376 g/mol. The van der Waals surface area contributed by atoms with Crippen molar-refractivity contribution in [2.24, 2.45) is 5.41 Å². The Morgan fingerprint density at radius 1 is 0.962 bits per heavy atom. The second kappa shape index (κ2) is 8.96. The summed E-state index contributed by atoms with van der Waals surface area (Å²) in [5.41, 5.74) is 0.241. The van der Waals surface area contributed by atoms with E-state index in [2.05, 4.69) is 0 Å². The van der Waals surface area contributed by atoms with Gasteiger partial charge in [-0.2, -0.15) is 8.42 Å². The molecule has 2 aromatic rings. The van der Waals surface area contributed by atoms with E-state index in [1.54, 1.807) is 42.5 Å². The van der Waals surface area contributed by atoms with E-state index in [4.69, 9.17) is 8.92 Å². The van der Waals surface area contributed by atoms with E-state index in [1.807, 2.05) is 19.9 Å². The number of hydrogen-bond acceptors (Lipinski definition) is 5. The predicted molar refractivity (Wildman–Crippen MR) is 99.3 cm³/mol. The van der Waals surface area contributed by atoms with Crippen molar-refractivity contribution < 1.29 is 22.1 Å². The minimum Gasteiger partial charge on any atom is -0.462 e. The van der Waals surface area contributed by atoms with Gasteiger partial charge in [0.05, 0.1) is 23.7 Å². The summed E-state index contributed by atoms with van der Waals surface area (Å²) in [5.74, 6) is -0.360. The van der Waals surface area contributed by atoms with Crippen LogP contribution in [-0.2, 0) is 19.0 Å². The van der Waals surface area contributed by atoms with E-state index in [1.165, 1.54) is 12.1 Å². The van der Waals surface area contributed by atoms with Crippen molar-refractivity contribution in [3.63, 3.8) is 0 Å². The van der Waals surface area contributed by atoms with Crippen LogP contribution in [0.25, 0.3) is 0 Å². The van der Waals surface area contributed by atoms with E-state index < -0.39 is 10.1 Å². The molecule has 0 N–H and O–H groups in total. The van der Waals surface area contributed by atoms with Gasteiger partial charge >= 0.3 is 5.97 Å². The number of benzene rings is 2. The second-order valence-electron chi connectivity index (χ2n) is 6.80. The maximum Gasteiger partial charge on any atom is 0.338 e. The third-order valence-electron chi connectivity index (χ3n) is 3.87. The highest BCUT2D eigenvalue weighted by Gasteiger charge is 2.21. The highest BCUT2D eigenvalue weighted by molar-refractivity contribution is 7.86. The fourth-order valence-corrected chi connectivity index (χ4v) is 3.33. The molecule has 0 spiro atoms. The van der Waals surface area contributed by atoms with Gasteiger partial charge in [-0.1, -0.05) is 50.2 Å². The second-order valence-corrected chi connectivity index (χ2v) is 8.41. The Morgan fingerprint density at radius 2 is 1.54 bits per heavy atom. The summed E-state index contributed by atoms with van der Waals surface area (Å²) >= 11 is 0. The van der Waals surface area contributed by atoms with E-state index in [9.17, 15) is 13.2 Å². The van der Waals surface area contributed by atoms with E-state index in [0.29, 0.717) is 18.4 Å². The Kier molecular flexibility index (Phi) is 6.94. The molecule has 0 aliphatic carbocycles. The molecule has 0 unspecified atom stereocenters. The van der Waals surface area contributed by atoms with Crippen molar-refractivity contribution in [2.45, 2.75) is 31.6 Å². The highest BCUT2D eigenvalue weighted by atomic mass is 32.2. The third-order valence-corrected chi connectivity index (χ3v) is 5.20. The van der Waals surface area contributed by atoms with Crippen molar-refractivity contribution >= 4 is 16.1 Å². The maximum absolute atomic E-state index is 12.0. The molecule has 0 saturated carbocycles. The summed E-state index contributed by atoms with van der Waals surface area (Å²) in [6.07, 6.45) is 1.21. The number of carbonyl (C=O) groups is 1. The maximum atomic E-state index is 12.0. The third kappa shape index (κ3) is 6.28. The van der Waals surface area contributed by atoms with Crippen LogP contribution >= 0.6 is 0 Å². The standard InChI is InChI=1S/C20H24O5S/c1-20(2,16-24-19(21)17-10-5-3-6-11-17)14-9-15-25-26(22,23)18-12-7-4-8-13-18/h3-8,10-13H,9,14-16H2,1-2H3. The first-order valence-electron chi connectivity index (χ1n) is 8.47. The van der Waals surface area contributed by atoms with Crippen molar-refractivity contribution in [2.75, 3.05) is 13.2 Å². The van der Waals surface area contributed by atoms with Crippen LogP contribution in [0.15, 0.2) is 65.6 Å². The summed E-state index contributed by atoms with van der Waals surface area (Å²) in [5, 5.41) is 0. The quantitative estimate of drug-likeness (QED) is 0.375. The van der Waals surface area contributed by atoms with Gasteiger partial charge in [0, 0.05) is 0 Å². The molecule has 140 valence electrons. The first-order valence-corrected chi connectivity index (χ1v) is 9.88. The van der Waals surface area contributed by atoms with Crippen molar-refractivity contribution in [1.82, 2.24) is 0 Å². The van der Waals surface area contributed by atoms with E-state index >= 15 is 0 Å². The van der Waals surface area contributed by atoms with Crippen LogP contribution in [0.1, 0.15) is 37.0 Å². The highest BCUT2D eigenvalue weighted by Crippen LogP contribution is 2.24. The van der Waals surface area contributed by atoms with Gasteiger partial charge in [-0.25, -0.2) is 4.79 Å². The number of hydrogen-bond donors (Lipinski definition) is 0. The van der Waals surface area contributed by atoms with Crippen LogP contribution in [0.5, 0.6) is 0 Å². The van der Waals surface area contributed by atoms with E-state index in [-0.39, 0.29) is 29.5 Å². The monoisotopic (exact) mass is 376 g/mol. The average Bonchev–Trinajstić information content (AvgIpc) is 2.65. The molecule has 5 nitrogen and oxygen atoms in total. The fourth-order valence-electron chi connectivity index (χ4n) is 2.37. The van der Waals surface area contributed by atoms with Gasteiger partial charge in [0.2, 0.25) is 0 Å². The minimum atomic E-state index is -3.73. The minimum absolute atomic E-state index is 0.0906. The largest absolute Gasteiger partial charge is 0.462 e. The lowest BCUT2D eigenvalue weighted by Crippen LogP contribution is -2.22. The molecule has 0 atom stereocenters. The molecule has 6 heteroatoms. The van der Waals surface area contributed by atoms with Gasteiger partial charge in [0.25, 0.3) is 10.1 Å². The van der Waals surface area contributed by atoms with Gasteiger partial charge in [0.15, 0.2) is 0 Å². The Bertz CT molecular complexity index is 799. The van der Waals surface area contributed by atoms with Crippen LogP contribution < -0.4 is 0 Å². The van der Waals surface area contributed by atoms with Crippen LogP contribution in [0.4, 0.5) is 0 Å². The molecule has 0 saturated heterocycles. The zero-order chi connectivity index (χ0) is 19.0. The lowest BCUT2D eigenvalue weighted by Gasteiger charge is -2.24. The molecule has 2 rings (SSSR count). The Labute approximate surface area is 155 Å². The Morgan fingerprint density at radius 3 is 2.15 bits per heavy atom. The summed E-state index contributed by atoms with van der Waals surface area (Å²) in [7, 11) is -3.73. The molecule has 0 heterocycles. The summed E-state index contributed by atoms with van der Waals surface area (Å²) in [4.78, 5) is 12.1. The number of carbonyl (C=O) groups excluding carboxylic acids is 1. The number of esters is 1. The molecule has 0 aromatic heterocycles. The first-order chi connectivity index (χ1) is 12.3. The normalized spacial score (nSPS) is 11.9. The zero-order valence-electron chi connectivity index (χ0n) is 15.1. The summed E-state index contributed by atoms with van der Waals surface area (Å²) < 4.78 is 34.5. The Hall–Kier alpha value is -2.18. The van der Waals surface area contributed by atoms with Gasteiger partial charge < -0.3 is 4.74 Å². The summed E-state index contributed by atoms with van der Waals surface area (Å²) in [6, 6.07) is 16.9. The first kappa shape index (κ1) is 20.1. The molecular weight excluding hydrogens is 352 g/mol. The van der Waals surface area contributed by atoms with Crippen molar-refractivity contribution in [1.29, 1.82) is 0 Å². The fraction of sp³-hybridized carbons (Fsp3) is 0.350. The predicted octanol–water partition coefficient (Wildman–Crippen LogP) is 4.06. The van der Waals surface area contributed by atoms with Crippen LogP contribution in [0, 0.1) is 5.41 Å².